The lowest BCUT2D eigenvalue weighted by molar-refractivity contribution is -0.119. The van der Waals surface area contributed by atoms with Gasteiger partial charge in [0.1, 0.15) is 0 Å². The maximum Gasteiger partial charge on any atom is 0.226 e. The van der Waals surface area contributed by atoms with Crippen LogP contribution in [0.2, 0.25) is 0 Å². The molecule has 0 aliphatic rings. The Morgan fingerprint density at radius 2 is 1.83 bits per heavy atom. The highest BCUT2D eigenvalue weighted by Gasteiger charge is 2.04. The summed E-state index contributed by atoms with van der Waals surface area (Å²) < 4.78 is 0. The highest BCUT2D eigenvalue weighted by Crippen LogP contribution is 2.01. The molecule has 7 heteroatoms. The van der Waals surface area contributed by atoms with Gasteiger partial charge in [-0.15, -0.1) is 0 Å². The maximum atomic E-state index is 11.5. The van der Waals surface area contributed by atoms with Crippen molar-refractivity contribution in [3.8, 4) is 0 Å². The molecule has 0 saturated heterocycles. The molecule has 18 heavy (non-hydrogen) atoms. The molecule has 0 fully saturated rings. The van der Waals surface area contributed by atoms with E-state index in [1.165, 1.54) is 0 Å². The molecule has 0 aliphatic carbocycles. The van der Waals surface area contributed by atoms with Crippen molar-refractivity contribution in [1.82, 2.24) is 16.2 Å². The monoisotopic (exact) mass is 282 g/mol. The molecule has 1 aromatic rings. The average Bonchev–Trinajstić information content (AvgIpc) is 2.35. The Hall–Kier alpha value is -1.73. The fourth-order valence-corrected chi connectivity index (χ4v) is 1.46. The van der Waals surface area contributed by atoms with Gasteiger partial charge < -0.3 is 11.1 Å². The minimum Gasteiger partial charge on any atom is -0.375 e. The molecule has 0 bridgehead atoms. The minimum atomic E-state index is -0.166. The van der Waals surface area contributed by atoms with Gasteiger partial charge in [0.2, 0.25) is 5.91 Å². The van der Waals surface area contributed by atoms with Gasteiger partial charge in [-0.1, -0.05) is 30.3 Å². The molecule has 0 aliphatic heterocycles. The van der Waals surface area contributed by atoms with E-state index in [1.54, 1.807) is 0 Å². The lowest BCUT2D eigenvalue weighted by Crippen LogP contribution is -2.50. The number of carbonyl (C=O) groups excluding carboxylic acids is 1. The van der Waals surface area contributed by atoms with Gasteiger partial charge >= 0.3 is 0 Å². The van der Waals surface area contributed by atoms with Gasteiger partial charge in [0.05, 0.1) is 0 Å². The summed E-state index contributed by atoms with van der Waals surface area (Å²) in [5.41, 5.74) is 11.2. The normalized spacial score (nSPS) is 9.33. The second-order valence-corrected chi connectivity index (χ2v) is 4.33. The molecule has 5 N–H and O–H groups in total. The third-order valence-corrected chi connectivity index (χ3v) is 2.34. The number of hydrazine groups is 1. The van der Waals surface area contributed by atoms with E-state index in [1.807, 2.05) is 30.3 Å². The Morgan fingerprint density at radius 3 is 2.44 bits per heavy atom. The zero-order valence-electron chi connectivity index (χ0n) is 9.60. The number of hydrogen-bond donors (Lipinski definition) is 4. The van der Waals surface area contributed by atoms with Crippen LogP contribution in [0, 0.1) is 0 Å². The zero-order valence-corrected chi connectivity index (χ0v) is 11.2. The van der Waals surface area contributed by atoms with Gasteiger partial charge in [-0.05, 0) is 36.4 Å². The van der Waals surface area contributed by atoms with Gasteiger partial charge in [-0.3, -0.25) is 15.6 Å². The molecule has 1 aromatic carbocycles. The van der Waals surface area contributed by atoms with E-state index < -0.39 is 0 Å². The van der Waals surface area contributed by atoms with Crippen LogP contribution in [0.15, 0.2) is 30.3 Å². The van der Waals surface area contributed by atoms with Crippen LogP contribution in [0.25, 0.3) is 0 Å². The van der Waals surface area contributed by atoms with Crippen LogP contribution in [0.4, 0.5) is 0 Å². The summed E-state index contributed by atoms with van der Waals surface area (Å²) in [6.45, 7) is 0. The number of aryl methyl sites for hydroxylation is 1. The summed E-state index contributed by atoms with van der Waals surface area (Å²) in [6, 6.07) is 9.75. The average molecular weight is 282 g/mol. The first-order valence-corrected chi connectivity index (χ1v) is 6.09. The molecule has 0 atom stereocenters. The lowest BCUT2D eigenvalue weighted by atomic mass is 10.1. The summed E-state index contributed by atoms with van der Waals surface area (Å²) >= 11 is 9.43. The molecular formula is C11H14N4OS2. The molecule has 0 heterocycles. The van der Waals surface area contributed by atoms with Gasteiger partial charge in [-0.25, -0.2) is 0 Å². The summed E-state index contributed by atoms with van der Waals surface area (Å²) in [4.78, 5) is 11.5. The summed E-state index contributed by atoms with van der Waals surface area (Å²) in [5, 5.41) is 2.70. The van der Waals surface area contributed by atoms with E-state index in [0.29, 0.717) is 12.8 Å². The number of benzene rings is 1. The third kappa shape index (κ3) is 6.12. The topological polar surface area (TPSA) is 79.2 Å². The SMILES string of the molecule is NC(=S)NNC(=S)NC(=O)CCc1ccccc1. The van der Waals surface area contributed by atoms with E-state index in [2.05, 4.69) is 28.4 Å². The number of thiocarbonyl (C=S) groups is 2. The standard InChI is InChI=1S/C11H14N4OS2/c12-10(17)14-15-11(18)13-9(16)7-6-8-4-2-1-3-5-8/h1-5H,6-7H2,(H3,12,14,17)(H2,13,15,16,18). The first-order chi connectivity index (χ1) is 8.58. The minimum absolute atomic E-state index is 0.0517. The van der Waals surface area contributed by atoms with E-state index in [0.717, 1.165) is 5.56 Å². The maximum absolute atomic E-state index is 11.5. The molecule has 5 nitrogen and oxygen atoms in total. The third-order valence-electron chi connectivity index (χ3n) is 2.04. The quantitative estimate of drug-likeness (QED) is 0.473. The number of nitrogens with one attached hydrogen (secondary N) is 3. The van der Waals surface area contributed by atoms with E-state index >= 15 is 0 Å². The van der Waals surface area contributed by atoms with Crippen LogP contribution in [-0.2, 0) is 11.2 Å². The van der Waals surface area contributed by atoms with E-state index in [4.69, 9.17) is 18.0 Å². The van der Waals surface area contributed by atoms with E-state index in [9.17, 15) is 4.79 Å². The Bertz CT molecular complexity index is 436. The molecule has 96 valence electrons. The van der Waals surface area contributed by atoms with Crippen molar-refractivity contribution in [2.24, 2.45) is 5.73 Å². The van der Waals surface area contributed by atoms with Gasteiger partial charge in [0, 0.05) is 6.42 Å². The van der Waals surface area contributed by atoms with Crippen molar-refractivity contribution in [2.75, 3.05) is 0 Å². The van der Waals surface area contributed by atoms with Crippen molar-refractivity contribution in [1.29, 1.82) is 0 Å². The lowest BCUT2D eigenvalue weighted by Gasteiger charge is -2.10. The highest BCUT2D eigenvalue weighted by molar-refractivity contribution is 7.80. The number of nitrogens with two attached hydrogens (primary N) is 1. The van der Waals surface area contributed by atoms with Crippen molar-refractivity contribution in [3.63, 3.8) is 0 Å². The second kappa shape index (κ2) is 7.57. The van der Waals surface area contributed by atoms with Crippen molar-refractivity contribution in [2.45, 2.75) is 12.8 Å². The van der Waals surface area contributed by atoms with Crippen LogP contribution in [0.5, 0.6) is 0 Å². The summed E-state index contributed by atoms with van der Waals surface area (Å²) in [5.74, 6) is -0.166. The highest BCUT2D eigenvalue weighted by atomic mass is 32.1. The summed E-state index contributed by atoms with van der Waals surface area (Å²) in [7, 11) is 0. The molecule has 0 aromatic heterocycles. The molecule has 0 unspecified atom stereocenters. The predicted molar refractivity (Wildman–Crippen MR) is 78.6 cm³/mol. The predicted octanol–water partition coefficient (Wildman–Crippen LogP) is 0.358. The fourth-order valence-electron chi connectivity index (χ4n) is 1.24. The van der Waals surface area contributed by atoms with Crippen LogP contribution in [0.1, 0.15) is 12.0 Å². The Labute approximate surface area is 116 Å². The van der Waals surface area contributed by atoms with Crippen LogP contribution >= 0.6 is 24.4 Å². The number of hydrogen-bond acceptors (Lipinski definition) is 3. The van der Waals surface area contributed by atoms with Crippen LogP contribution < -0.4 is 21.9 Å². The first kappa shape index (κ1) is 14.3. The second-order valence-electron chi connectivity index (χ2n) is 3.48. The Kier molecular flexibility index (Phi) is 6.03. The van der Waals surface area contributed by atoms with Gasteiger partial charge in [0.25, 0.3) is 0 Å². The largest absolute Gasteiger partial charge is 0.375 e. The van der Waals surface area contributed by atoms with Crippen LogP contribution in [0.3, 0.4) is 0 Å². The number of carbonyl (C=O) groups is 1. The Balaban J connectivity index is 2.25. The fraction of sp³-hybridized carbons (Fsp3) is 0.182. The molecule has 0 saturated carbocycles. The number of rotatable bonds is 3. The van der Waals surface area contributed by atoms with Crippen molar-refractivity contribution in [3.05, 3.63) is 35.9 Å². The summed E-state index contributed by atoms with van der Waals surface area (Å²) in [6.07, 6.45) is 1.02. The van der Waals surface area contributed by atoms with E-state index in [-0.39, 0.29) is 16.1 Å². The molecule has 0 radical (unpaired) electrons. The zero-order chi connectivity index (χ0) is 13.4. The van der Waals surface area contributed by atoms with Gasteiger partial charge in [0.15, 0.2) is 10.2 Å². The molecule has 0 spiro atoms. The first-order valence-electron chi connectivity index (χ1n) is 5.27. The van der Waals surface area contributed by atoms with Gasteiger partial charge in [-0.2, -0.15) is 0 Å². The molecule has 1 rings (SSSR count). The smallest absolute Gasteiger partial charge is 0.226 e. The molecular weight excluding hydrogens is 268 g/mol. The van der Waals surface area contributed by atoms with Crippen molar-refractivity contribution >= 4 is 40.6 Å². The number of amides is 1. The Morgan fingerprint density at radius 1 is 1.17 bits per heavy atom. The van der Waals surface area contributed by atoms with Crippen molar-refractivity contribution < 1.29 is 4.79 Å². The molecule has 1 amide bonds. The van der Waals surface area contributed by atoms with Crippen LogP contribution in [-0.4, -0.2) is 16.1 Å².